The van der Waals surface area contributed by atoms with Crippen LogP contribution in [0.2, 0.25) is 0 Å². The summed E-state index contributed by atoms with van der Waals surface area (Å²) in [5, 5.41) is 8.68. The van der Waals surface area contributed by atoms with Crippen molar-refractivity contribution in [3.05, 3.63) is 94.3 Å². The number of pyridine rings is 2. The van der Waals surface area contributed by atoms with E-state index in [0.717, 1.165) is 27.9 Å². The molecule has 0 saturated heterocycles. The second-order valence-corrected chi connectivity index (χ2v) is 7.17. The number of urea groups is 1. The highest BCUT2D eigenvalue weighted by molar-refractivity contribution is 5.90. The van der Waals surface area contributed by atoms with Crippen LogP contribution in [0, 0.1) is 13.8 Å². The summed E-state index contributed by atoms with van der Waals surface area (Å²) in [6.07, 6.45) is 6.53. The van der Waals surface area contributed by atoms with Gasteiger partial charge in [-0.1, -0.05) is 24.3 Å². The second-order valence-electron chi connectivity index (χ2n) is 7.17. The third kappa shape index (κ3) is 4.37. The number of carbonyl (C=O) groups excluding carboxylic acids is 1. The van der Waals surface area contributed by atoms with Gasteiger partial charge in [-0.25, -0.2) is 14.5 Å². The van der Waals surface area contributed by atoms with E-state index in [2.05, 4.69) is 25.7 Å². The molecule has 0 aliphatic heterocycles. The highest BCUT2D eigenvalue weighted by Gasteiger charge is 2.12. The van der Waals surface area contributed by atoms with Crippen LogP contribution in [0.4, 0.5) is 10.5 Å². The maximum atomic E-state index is 12.8. The lowest BCUT2D eigenvalue weighted by Crippen LogP contribution is -2.29. The number of hydrogen-bond donors (Lipinski definition) is 3. The van der Waals surface area contributed by atoms with Crippen molar-refractivity contribution >= 4 is 11.7 Å². The lowest BCUT2D eigenvalue weighted by Gasteiger charge is -2.12. The predicted octanol–water partition coefficient (Wildman–Crippen LogP) is 3.56. The van der Waals surface area contributed by atoms with E-state index in [-0.39, 0.29) is 18.1 Å². The number of carbonyl (C=O) groups is 1. The fourth-order valence-electron chi connectivity index (χ4n) is 3.31. The normalized spacial score (nSPS) is 10.6. The summed E-state index contributed by atoms with van der Waals surface area (Å²) in [5.74, 6) is 0.439. The fraction of sp³-hybridized carbons (Fsp3) is 0.130. The summed E-state index contributed by atoms with van der Waals surface area (Å²) in [4.78, 5) is 33.5. The summed E-state index contributed by atoms with van der Waals surface area (Å²) in [5.41, 5.74) is 4.62. The highest BCUT2D eigenvalue weighted by Crippen LogP contribution is 2.19. The summed E-state index contributed by atoms with van der Waals surface area (Å²) in [6, 6.07) is 12.7. The molecule has 0 unspecified atom stereocenters. The van der Waals surface area contributed by atoms with E-state index in [9.17, 15) is 9.59 Å². The average molecular weight is 414 g/mol. The van der Waals surface area contributed by atoms with Crippen LogP contribution < -0.4 is 16.2 Å². The van der Waals surface area contributed by atoms with Crippen LogP contribution in [0.5, 0.6) is 0 Å². The summed E-state index contributed by atoms with van der Waals surface area (Å²) < 4.78 is 1.36. The molecule has 8 nitrogen and oxygen atoms in total. The SMILES string of the molecule is Cc1cccc(C)c1NC(=O)NCc1ccnc(-n2[nH]cc(-c3cccnc3)c2=O)c1. The van der Waals surface area contributed by atoms with E-state index in [1.807, 2.05) is 38.1 Å². The van der Waals surface area contributed by atoms with Gasteiger partial charge in [-0.3, -0.25) is 14.9 Å². The Bertz CT molecular complexity index is 1260. The molecule has 0 atom stereocenters. The molecular weight excluding hydrogens is 392 g/mol. The maximum Gasteiger partial charge on any atom is 0.319 e. The van der Waals surface area contributed by atoms with Crippen molar-refractivity contribution in [2.24, 2.45) is 0 Å². The Morgan fingerprint density at radius 3 is 2.65 bits per heavy atom. The van der Waals surface area contributed by atoms with E-state index in [0.29, 0.717) is 11.4 Å². The molecule has 0 radical (unpaired) electrons. The van der Waals surface area contributed by atoms with Crippen molar-refractivity contribution in [2.45, 2.75) is 20.4 Å². The van der Waals surface area contributed by atoms with Crippen molar-refractivity contribution < 1.29 is 4.79 Å². The molecule has 3 heterocycles. The van der Waals surface area contributed by atoms with Crippen LogP contribution in [-0.2, 0) is 6.54 Å². The molecule has 4 rings (SSSR count). The first-order valence-corrected chi connectivity index (χ1v) is 9.80. The van der Waals surface area contributed by atoms with E-state index in [1.54, 1.807) is 43.0 Å². The predicted molar refractivity (Wildman–Crippen MR) is 119 cm³/mol. The number of amides is 2. The van der Waals surface area contributed by atoms with Gasteiger partial charge in [0.15, 0.2) is 5.82 Å². The summed E-state index contributed by atoms with van der Waals surface area (Å²) in [7, 11) is 0. The van der Waals surface area contributed by atoms with Crippen molar-refractivity contribution in [3.8, 4) is 16.9 Å². The zero-order chi connectivity index (χ0) is 21.8. The second kappa shape index (κ2) is 8.66. The third-order valence-electron chi connectivity index (χ3n) is 4.96. The number of rotatable bonds is 5. The topological polar surface area (TPSA) is 105 Å². The van der Waals surface area contributed by atoms with Gasteiger partial charge < -0.3 is 10.6 Å². The van der Waals surface area contributed by atoms with Gasteiger partial charge in [-0.15, -0.1) is 0 Å². The highest BCUT2D eigenvalue weighted by atomic mass is 16.2. The van der Waals surface area contributed by atoms with Crippen LogP contribution in [0.3, 0.4) is 0 Å². The monoisotopic (exact) mass is 414 g/mol. The van der Waals surface area contributed by atoms with Crippen molar-refractivity contribution in [2.75, 3.05) is 5.32 Å². The van der Waals surface area contributed by atoms with Crippen molar-refractivity contribution in [3.63, 3.8) is 0 Å². The lowest BCUT2D eigenvalue weighted by molar-refractivity contribution is 0.251. The molecule has 3 aromatic heterocycles. The van der Waals surface area contributed by atoms with Crippen LogP contribution >= 0.6 is 0 Å². The van der Waals surface area contributed by atoms with E-state index >= 15 is 0 Å². The van der Waals surface area contributed by atoms with Crippen LogP contribution in [-0.4, -0.2) is 25.8 Å². The summed E-state index contributed by atoms with van der Waals surface area (Å²) in [6.45, 7) is 4.19. The Hall–Kier alpha value is -4.20. The number of anilines is 1. The number of aryl methyl sites for hydroxylation is 2. The molecule has 3 N–H and O–H groups in total. The molecule has 156 valence electrons. The zero-order valence-corrected chi connectivity index (χ0v) is 17.2. The number of para-hydroxylation sites is 1. The standard InChI is InChI=1S/C23H22N6O2/c1-15-5-3-6-16(2)21(15)28-23(31)26-12-17-8-10-25-20(11-17)29-22(30)19(14-27-29)18-7-4-9-24-13-18/h3-11,13-14,27H,12H2,1-2H3,(H2,26,28,31). The van der Waals surface area contributed by atoms with Gasteiger partial charge in [-0.2, -0.15) is 0 Å². The lowest BCUT2D eigenvalue weighted by atomic mass is 10.1. The molecule has 0 bridgehead atoms. The fourth-order valence-corrected chi connectivity index (χ4v) is 3.31. The number of aromatic amines is 1. The molecule has 0 aliphatic rings. The van der Waals surface area contributed by atoms with Gasteiger partial charge in [0.25, 0.3) is 5.56 Å². The largest absolute Gasteiger partial charge is 0.334 e. The van der Waals surface area contributed by atoms with Crippen LogP contribution in [0.15, 0.2) is 72.0 Å². The van der Waals surface area contributed by atoms with E-state index in [4.69, 9.17) is 0 Å². The number of nitrogens with zero attached hydrogens (tertiary/aromatic N) is 3. The molecule has 31 heavy (non-hydrogen) atoms. The van der Waals surface area contributed by atoms with E-state index in [1.165, 1.54) is 4.68 Å². The van der Waals surface area contributed by atoms with E-state index < -0.39 is 0 Å². The van der Waals surface area contributed by atoms with Crippen LogP contribution in [0.1, 0.15) is 16.7 Å². The Kier molecular flexibility index (Phi) is 5.61. The van der Waals surface area contributed by atoms with Gasteiger partial charge in [0.2, 0.25) is 0 Å². The first-order valence-electron chi connectivity index (χ1n) is 9.80. The van der Waals surface area contributed by atoms with Gasteiger partial charge in [0.1, 0.15) is 0 Å². The van der Waals surface area contributed by atoms with Crippen molar-refractivity contribution in [1.82, 2.24) is 25.1 Å². The Morgan fingerprint density at radius 2 is 1.90 bits per heavy atom. The molecule has 0 aliphatic carbocycles. The number of aromatic nitrogens is 4. The Balaban J connectivity index is 1.48. The number of nitrogens with one attached hydrogen (secondary N) is 3. The van der Waals surface area contributed by atoms with Gasteiger partial charge in [0, 0.05) is 42.6 Å². The smallest absolute Gasteiger partial charge is 0.319 e. The molecule has 2 amide bonds. The minimum Gasteiger partial charge on any atom is -0.334 e. The Morgan fingerprint density at radius 1 is 1.10 bits per heavy atom. The molecule has 1 aromatic carbocycles. The molecule has 0 fully saturated rings. The quantitative estimate of drug-likeness (QED) is 0.464. The Labute approximate surface area is 179 Å². The van der Waals surface area contributed by atoms with Crippen LogP contribution in [0.25, 0.3) is 16.9 Å². The van der Waals surface area contributed by atoms with Gasteiger partial charge in [0.05, 0.1) is 5.56 Å². The van der Waals surface area contributed by atoms with Gasteiger partial charge >= 0.3 is 6.03 Å². The zero-order valence-electron chi connectivity index (χ0n) is 17.2. The first-order chi connectivity index (χ1) is 15.0. The molecule has 0 spiro atoms. The molecule has 4 aromatic rings. The first kappa shape index (κ1) is 20.1. The minimum absolute atomic E-state index is 0.224. The minimum atomic E-state index is -0.299. The number of H-pyrrole nitrogens is 1. The summed E-state index contributed by atoms with van der Waals surface area (Å²) >= 11 is 0. The molecule has 0 saturated carbocycles. The number of benzene rings is 1. The van der Waals surface area contributed by atoms with Crippen molar-refractivity contribution in [1.29, 1.82) is 0 Å². The molecular formula is C23H22N6O2. The number of hydrogen-bond acceptors (Lipinski definition) is 4. The average Bonchev–Trinajstić information content (AvgIpc) is 3.17. The molecule has 8 heteroatoms. The third-order valence-corrected chi connectivity index (χ3v) is 4.96. The van der Waals surface area contributed by atoms with Gasteiger partial charge in [-0.05, 0) is 48.7 Å². The maximum absolute atomic E-state index is 12.8.